The molecule has 0 atom stereocenters. The number of rotatable bonds is 3. The van der Waals surface area contributed by atoms with Crippen LogP contribution in [0.4, 0.5) is 0 Å². The molecule has 4 rings (SSSR count). The van der Waals surface area contributed by atoms with E-state index in [2.05, 4.69) is 6.07 Å². The van der Waals surface area contributed by atoms with Crippen LogP contribution in [0.3, 0.4) is 0 Å². The van der Waals surface area contributed by atoms with Gasteiger partial charge in [0, 0.05) is 0 Å². The molecule has 0 bridgehead atoms. The Morgan fingerprint density at radius 2 is 0.923 bits per heavy atom. The molecule has 26 heavy (non-hydrogen) atoms. The Morgan fingerprint density at radius 3 is 1.42 bits per heavy atom. The molecule has 0 saturated carbocycles. The van der Waals surface area contributed by atoms with Crippen molar-refractivity contribution >= 4 is 14.5 Å². The van der Waals surface area contributed by atoms with Gasteiger partial charge in [0.2, 0.25) is 0 Å². The molecule has 0 amide bonds. The minimum atomic E-state index is 0.0845. The second-order valence-electron chi connectivity index (χ2n) is 5.99. The number of hydrogen-bond donors (Lipinski definition) is 3. The van der Waals surface area contributed by atoms with Crippen molar-refractivity contribution in [2.45, 2.75) is 0 Å². The van der Waals surface area contributed by atoms with Gasteiger partial charge in [0.1, 0.15) is 0 Å². The van der Waals surface area contributed by atoms with E-state index in [0.29, 0.717) is 0 Å². The van der Waals surface area contributed by atoms with Gasteiger partial charge in [0.25, 0.3) is 0 Å². The van der Waals surface area contributed by atoms with Crippen LogP contribution in [0, 0.1) is 0 Å². The molecule has 0 saturated heterocycles. The Morgan fingerprint density at radius 1 is 0.500 bits per heavy atom. The number of aromatic hydroxyl groups is 3. The fourth-order valence-electron chi connectivity index (χ4n) is 2.84. The molecule has 0 aliphatic carbocycles. The van der Waals surface area contributed by atoms with E-state index < -0.39 is 0 Å². The van der Waals surface area contributed by atoms with Gasteiger partial charge in [-0.1, -0.05) is 0 Å². The topological polar surface area (TPSA) is 60.7 Å². The summed E-state index contributed by atoms with van der Waals surface area (Å²) in [5.74, 6) is 0.745. The first kappa shape index (κ1) is 16.5. The SMILES string of the molecule is Oc1ccc(-c2cc(-c3ccc(O)cc3)c(-c3ccc(O)cc3)[se]2)cc1. The van der Waals surface area contributed by atoms with Gasteiger partial charge in [-0.15, -0.1) is 0 Å². The van der Waals surface area contributed by atoms with Crippen molar-refractivity contribution in [2.24, 2.45) is 0 Å². The molecule has 4 aromatic rings. The number of benzene rings is 3. The predicted molar refractivity (Wildman–Crippen MR) is 105 cm³/mol. The summed E-state index contributed by atoms with van der Waals surface area (Å²) in [4.78, 5) is 0. The number of hydrogen-bond acceptors (Lipinski definition) is 3. The zero-order valence-electron chi connectivity index (χ0n) is 13.8. The molecule has 0 unspecified atom stereocenters. The Balaban J connectivity index is 1.88. The average Bonchev–Trinajstić information content (AvgIpc) is 3.09. The molecule has 0 spiro atoms. The summed E-state index contributed by atoms with van der Waals surface area (Å²) in [6.07, 6.45) is 0. The Labute approximate surface area is 157 Å². The first-order chi connectivity index (χ1) is 12.6. The summed E-state index contributed by atoms with van der Waals surface area (Å²) in [5.41, 5.74) is 4.34. The quantitative estimate of drug-likeness (QED) is 0.425. The van der Waals surface area contributed by atoms with E-state index >= 15 is 0 Å². The van der Waals surface area contributed by atoms with E-state index in [0.717, 1.165) is 22.3 Å². The first-order valence-electron chi connectivity index (χ1n) is 8.12. The van der Waals surface area contributed by atoms with Crippen LogP contribution in [-0.4, -0.2) is 29.8 Å². The van der Waals surface area contributed by atoms with Crippen LogP contribution < -0.4 is 0 Å². The third kappa shape index (κ3) is 3.25. The van der Waals surface area contributed by atoms with Gasteiger partial charge in [-0.3, -0.25) is 0 Å². The number of phenolic OH excluding ortho intramolecular Hbond substituents is 3. The van der Waals surface area contributed by atoms with E-state index in [1.165, 1.54) is 8.87 Å². The fraction of sp³-hybridized carbons (Fsp3) is 0. The molecule has 0 radical (unpaired) electrons. The van der Waals surface area contributed by atoms with E-state index in [1.807, 2.05) is 36.4 Å². The summed E-state index contributed by atoms with van der Waals surface area (Å²) in [5, 5.41) is 28.7. The minimum absolute atomic E-state index is 0.0845. The molecule has 0 aliphatic heterocycles. The zero-order chi connectivity index (χ0) is 18.1. The van der Waals surface area contributed by atoms with Crippen LogP contribution >= 0.6 is 0 Å². The van der Waals surface area contributed by atoms with E-state index in [-0.39, 0.29) is 31.8 Å². The van der Waals surface area contributed by atoms with Crippen LogP contribution in [0.25, 0.3) is 31.1 Å². The summed E-state index contributed by atoms with van der Waals surface area (Å²) in [6, 6.07) is 23.9. The molecule has 4 heteroatoms. The van der Waals surface area contributed by atoms with E-state index in [9.17, 15) is 15.3 Å². The maximum atomic E-state index is 9.59. The third-order valence-corrected chi connectivity index (χ3v) is 6.78. The van der Waals surface area contributed by atoms with Gasteiger partial charge in [0.05, 0.1) is 0 Å². The average molecular weight is 407 g/mol. The third-order valence-electron chi connectivity index (χ3n) is 4.19. The van der Waals surface area contributed by atoms with Crippen molar-refractivity contribution in [1.29, 1.82) is 0 Å². The van der Waals surface area contributed by atoms with Gasteiger partial charge >= 0.3 is 157 Å². The van der Waals surface area contributed by atoms with Crippen LogP contribution in [0.15, 0.2) is 78.9 Å². The summed E-state index contributed by atoms with van der Waals surface area (Å²) in [6.45, 7) is 0. The monoisotopic (exact) mass is 408 g/mol. The van der Waals surface area contributed by atoms with Gasteiger partial charge in [-0.05, 0) is 0 Å². The molecule has 1 heterocycles. The van der Waals surface area contributed by atoms with Crippen LogP contribution in [-0.2, 0) is 0 Å². The van der Waals surface area contributed by atoms with Crippen molar-refractivity contribution < 1.29 is 15.3 Å². The predicted octanol–water partition coefficient (Wildman–Crippen LogP) is 4.86. The van der Waals surface area contributed by atoms with Crippen molar-refractivity contribution in [1.82, 2.24) is 0 Å². The van der Waals surface area contributed by atoms with Gasteiger partial charge in [-0.25, -0.2) is 0 Å². The zero-order valence-corrected chi connectivity index (χ0v) is 15.5. The molecular formula is C22H16O3Se. The first-order valence-corrected chi connectivity index (χ1v) is 9.83. The van der Waals surface area contributed by atoms with Crippen molar-refractivity contribution in [3.63, 3.8) is 0 Å². The molecule has 1 aromatic heterocycles. The van der Waals surface area contributed by atoms with Crippen molar-refractivity contribution in [3.05, 3.63) is 78.9 Å². The molecule has 128 valence electrons. The van der Waals surface area contributed by atoms with Crippen LogP contribution in [0.1, 0.15) is 0 Å². The normalized spacial score (nSPS) is 10.8. The molecule has 3 nitrogen and oxygen atoms in total. The summed E-state index contributed by atoms with van der Waals surface area (Å²) in [7, 11) is 0. The Kier molecular flexibility index (Phi) is 4.29. The van der Waals surface area contributed by atoms with Gasteiger partial charge in [-0.2, -0.15) is 0 Å². The molecule has 3 aromatic carbocycles. The molecule has 0 aliphatic rings. The number of phenols is 3. The second-order valence-corrected chi connectivity index (χ2v) is 8.20. The van der Waals surface area contributed by atoms with Crippen LogP contribution in [0.5, 0.6) is 17.2 Å². The molecule has 0 fully saturated rings. The second kappa shape index (κ2) is 6.75. The standard InChI is InChI=1S/C22H16O3Se/c23-17-7-1-14(2-8-17)20-13-21(15-3-9-18(24)10-4-15)26-22(20)16-5-11-19(25)12-6-16/h1-13,23-25H. The fourth-order valence-corrected chi connectivity index (χ4v) is 5.34. The molecule has 3 N–H and O–H groups in total. The summed E-state index contributed by atoms with van der Waals surface area (Å²) < 4.78 is 2.45. The van der Waals surface area contributed by atoms with Crippen molar-refractivity contribution in [2.75, 3.05) is 0 Å². The molecular weight excluding hydrogens is 391 g/mol. The Hall–Kier alpha value is -2.94. The maximum absolute atomic E-state index is 9.59. The Bertz CT molecular complexity index is 967. The van der Waals surface area contributed by atoms with E-state index in [1.54, 1.807) is 36.4 Å². The van der Waals surface area contributed by atoms with Crippen molar-refractivity contribution in [3.8, 4) is 48.4 Å². The summed E-state index contributed by atoms with van der Waals surface area (Å²) >= 11 is 0.0845. The van der Waals surface area contributed by atoms with E-state index in [4.69, 9.17) is 0 Å². The van der Waals surface area contributed by atoms with Gasteiger partial charge in [0.15, 0.2) is 0 Å². The van der Waals surface area contributed by atoms with Gasteiger partial charge < -0.3 is 0 Å². The van der Waals surface area contributed by atoms with Crippen LogP contribution in [0.2, 0.25) is 0 Å².